The van der Waals surface area contributed by atoms with Crippen molar-refractivity contribution in [2.24, 2.45) is 17.6 Å². The fourth-order valence-corrected chi connectivity index (χ4v) is 2.41. The molecule has 0 bridgehead atoms. The Kier molecular flexibility index (Phi) is 6.52. The van der Waals surface area contributed by atoms with Crippen molar-refractivity contribution in [3.05, 3.63) is 0 Å². The molecule has 1 saturated heterocycles. The van der Waals surface area contributed by atoms with Crippen molar-refractivity contribution >= 4 is 5.91 Å². The highest BCUT2D eigenvalue weighted by atomic mass is 16.5. The Hall–Kier alpha value is -0.610. The standard InChI is InChI=1S/C13H26N2O2/c1-3-10(5-7-14)9-15-13(16)11-6-8-17-12(11)4-2/h10-12H,3-9,14H2,1-2H3,(H,15,16). The van der Waals surface area contributed by atoms with Crippen molar-refractivity contribution in [1.82, 2.24) is 5.32 Å². The molecule has 1 amide bonds. The maximum Gasteiger partial charge on any atom is 0.225 e. The van der Waals surface area contributed by atoms with Gasteiger partial charge in [-0.15, -0.1) is 0 Å². The van der Waals surface area contributed by atoms with Gasteiger partial charge < -0.3 is 15.8 Å². The Morgan fingerprint density at radius 1 is 1.53 bits per heavy atom. The lowest BCUT2D eigenvalue weighted by Crippen LogP contribution is -2.38. The number of carbonyl (C=O) groups is 1. The van der Waals surface area contributed by atoms with Crippen LogP contribution in [0.3, 0.4) is 0 Å². The summed E-state index contributed by atoms with van der Waals surface area (Å²) < 4.78 is 5.54. The van der Waals surface area contributed by atoms with Crippen LogP contribution >= 0.6 is 0 Å². The first-order chi connectivity index (χ1) is 8.22. The van der Waals surface area contributed by atoms with E-state index in [1.54, 1.807) is 0 Å². The van der Waals surface area contributed by atoms with Gasteiger partial charge in [0, 0.05) is 13.2 Å². The summed E-state index contributed by atoms with van der Waals surface area (Å²) in [6.07, 6.45) is 3.94. The number of hydrogen-bond donors (Lipinski definition) is 2. The van der Waals surface area contributed by atoms with Crippen molar-refractivity contribution < 1.29 is 9.53 Å². The van der Waals surface area contributed by atoms with Gasteiger partial charge in [0.25, 0.3) is 0 Å². The summed E-state index contributed by atoms with van der Waals surface area (Å²) in [5, 5.41) is 3.05. The lowest BCUT2D eigenvalue weighted by Gasteiger charge is -2.19. The normalized spacial score (nSPS) is 25.8. The Labute approximate surface area is 104 Å². The molecule has 0 spiro atoms. The van der Waals surface area contributed by atoms with Gasteiger partial charge in [0.2, 0.25) is 5.91 Å². The second kappa shape index (κ2) is 7.67. The van der Waals surface area contributed by atoms with E-state index in [-0.39, 0.29) is 17.9 Å². The molecule has 100 valence electrons. The molecule has 1 aliphatic heterocycles. The molecule has 17 heavy (non-hydrogen) atoms. The zero-order chi connectivity index (χ0) is 12.7. The maximum absolute atomic E-state index is 12.0. The van der Waals surface area contributed by atoms with Crippen LogP contribution in [-0.2, 0) is 9.53 Å². The lowest BCUT2D eigenvalue weighted by molar-refractivity contribution is -0.126. The van der Waals surface area contributed by atoms with Gasteiger partial charge in [-0.3, -0.25) is 4.79 Å². The van der Waals surface area contributed by atoms with Crippen LogP contribution in [0.5, 0.6) is 0 Å². The molecule has 1 aliphatic rings. The lowest BCUT2D eigenvalue weighted by atomic mass is 9.97. The van der Waals surface area contributed by atoms with Gasteiger partial charge in [-0.2, -0.15) is 0 Å². The second-order valence-corrected chi connectivity index (χ2v) is 4.81. The van der Waals surface area contributed by atoms with Crippen molar-refractivity contribution in [3.63, 3.8) is 0 Å². The second-order valence-electron chi connectivity index (χ2n) is 4.81. The van der Waals surface area contributed by atoms with E-state index < -0.39 is 0 Å². The van der Waals surface area contributed by atoms with Crippen LogP contribution in [0.15, 0.2) is 0 Å². The fourth-order valence-electron chi connectivity index (χ4n) is 2.41. The van der Waals surface area contributed by atoms with Gasteiger partial charge in [-0.05, 0) is 31.7 Å². The van der Waals surface area contributed by atoms with Gasteiger partial charge in [0.05, 0.1) is 12.0 Å². The number of ether oxygens (including phenoxy) is 1. The van der Waals surface area contributed by atoms with E-state index in [1.165, 1.54) is 0 Å². The van der Waals surface area contributed by atoms with Crippen LogP contribution in [0.4, 0.5) is 0 Å². The highest BCUT2D eigenvalue weighted by molar-refractivity contribution is 5.79. The van der Waals surface area contributed by atoms with Crippen LogP contribution in [-0.4, -0.2) is 31.7 Å². The van der Waals surface area contributed by atoms with Crippen LogP contribution in [0.2, 0.25) is 0 Å². The maximum atomic E-state index is 12.0. The van der Waals surface area contributed by atoms with Gasteiger partial charge in [-0.25, -0.2) is 0 Å². The summed E-state index contributed by atoms with van der Waals surface area (Å²) in [4.78, 5) is 12.0. The molecule has 3 unspecified atom stereocenters. The highest BCUT2D eigenvalue weighted by Gasteiger charge is 2.32. The number of hydrogen-bond acceptors (Lipinski definition) is 3. The quantitative estimate of drug-likeness (QED) is 0.707. The number of rotatable bonds is 7. The van der Waals surface area contributed by atoms with E-state index in [4.69, 9.17) is 10.5 Å². The fraction of sp³-hybridized carbons (Fsp3) is 0.923. The summed E-state index contributed by atoms with van der Waals surface area (Å²) in [5.41, 5.74) is 5.54. The highest BCUT2D eigenvalue weighted by Crippen LogP contribution is 2.23. The van der Waals surface area contributed by atoms with E-state index >= 15 is 0 Å². The van der Waals surface area contributed by atoms with E-state index in [0.29, 0.717) is 12.5 Å². The molecule has 1 heterocycles. The predicted octanol–water partition coefficient (Wildman–Crippen LogP) is 1.29. The molecule has 3 N–H and O–H groups in total. The van der Waals surface area contributed by atoms with Crippen LogP contribution in [0.25, 0.3) is 0 Å². The van der Waals surface area contributed by atoms with E-state index in [1.807, 2.05) is 0 Å². The van der Waals surface area contributed by atoms with Gasteiger partial charge in [0.15, 0.2) is 0 Å². The van der Waals surface area contributed by atoms with Crippen molar-refractivity contribution in [3.8, 4) is 0 Å². The smallest absolute Gasteiger partial charge is 0.225 e. The molecule has 0 saturated carbocycles. The molecule has 4 heteroatoms. The van der Waals surface area contributed by atoms with Crippen molar-refractivity contribution in [2.75, 3.05) is 19.7 Å². The first-order valence-corrected chi connectivity index (χ1v) is 6.82. The molecule has 0 aromatic rings. The molecule has 0 aliphatic carbocycles. The predicted molar refractivity (Wildman–Crippen MR) is 68.6 cm³/mol. The molecule has 3 atom stereocenters. The summed E-state index contributed by atoms with van der Waals surface area (Å²) in [6.45, 7) is 6.37. The van der Waals surface area contributed by atoms with Gasteiger partial charge >= 0.3 is 0 Å². The number of nitrogens with one attached hydrogen (secondary N) is 1. The Balaban J connectivity index is 2.33. The molecule has 0 aromatic carbocycles. The molecule has 0 radical (unpaired) electrons. The average Bonchev–Trinajstić information content (AvgIpc) is 2.82. The third kappa shape index (κ3) is 4.28. The summed E-state index contributed by atoms with van der Waals surface area (Å²) in [6, 6.07) is 0. The first-order valence-electron chi connectivity index (χ1n) is 6.82. The minimum atomic E-state index is 0.0513. The van der Waals surface area contributed by atoms with E-state index in [0.717, 1.165) is 38.8 Å². The monoisotopic (exact) mass is 242 g/mol. The van der Waals surface area contributed by atoms with E-state index in [9.17, 15) is 4.79 Å². The van der Waals surface area contributed by atoms with Gasteiger partial charge in [-0.1, -0.05) is 20.3 Å². The third-order valence-electron chi connectivity index (χ3n) is 3.67. The average molecular weight is 242 g/mol. The summed E-state index contributed by atoms with van der Waals surface area (Å²) in [5.74, 6) is 0.714. The molecular weight excluding hydrogens is 216 g/mol. The largest absolute Gasteiger partial charge is 0.377 e. The van der Waals surface area contributed by atoms with E-state index in [2.05, 4.69) is 19.2 Å². The van der Waals surface area contributed by atoms with Crippen LogP contribution in [0.1, 0.15) is 39.5 Å². The third-order valence-corrected chi connectivity index (χ3v) is 3.67. The molecule has 1 rings (SSSR count). The van der Waals surface area contributed by atoms with Gasteiger partial charge in [0.1, 0.15) is 0 Å². The first kappa shape index (κ1) is 14.5. The number of carbonyl (C=O) groups excluding carboxylic acids is 1. The Morgan fingerprint density at radius 2 is 2.29 bits per heavy atom. The minimum absolute atomic E-state index is 0.0513. The SMILES string of the molecule is CCC(CCN)CNC(=O)C1CCOC1CC. The minimum Gasteiger partial charge on any atom is -0.377 e. The van der Waals surface area contributed by atoms with Crippen molar-refractivity contribution in [1.29, 1.82) is 0 Å². The zero-order valence-corrected chi connectivity index (χ0v) is 11.1. The molecule has 0 aromatic heterocycles. The number of amides is 1. The molecule has 1 fully saturated rings. The Bertz CT molecular complexity index is 233. The topological polar surface area (TPSA) is 64.3 Å². The van der Waals surface area contributed by atoms with Crippen LogP contribution in [0, 0.1) is 11.8 Å². The van der Waals surface area contributed by atoms with Crippen molar-refractivity contribution in [2.45, 2.75) is 45.6 Å². The molecular formula is C13H26N2O2. The molecule has 4 nitrogen and oxygen atoms in total. The zero-order valence-electron chi connectivity index (χ0n) is 11.1. The Morgan fingerprint density at radius 3 is 2.88 bits per heavy atom. The van der Waals surface area contributed by atoms with Crippen LogP contribution < -0.4 is 11.1 Å². The number of nitrogens with two attached hydrogens (primary N) is 1. The summed E-state index contributed by atoms with van der Waals surface area (Å²) in [7, 11) is 0. The summed E-state index contributed by atoms with van der Waals surface area (Å²) >= 11 is 0.